The summed E-state index contributed by atoms with van der Waals surface area (Å²) in [5, 5.41) is 3.32. The van der Waals surface area contributed by atoms with E-state index in [4.69, 9.17) is 0 Å². The first-order chi connectivity index (χ1) is 7.26. The van der Waals surface area contributed by atoms with Crippen molar-refractivity contribution in [3.8, 4) is 0 Å². The number of nitrogens with one attached hydrogen (secondary N) is 1. The van der Waals surface area contributed by atoms with Gasteiger partial charge in [0, 0.05) is 25.9 Å². The second-order valence-corrected chi connectivity index (χ2v) is 4.49. The highest BCUT2D eigenvalue weighted by atomic mass is 127. The van der Waals surface area contributed by atoms with Gasteiger partial charge < -0.3 is 10.2 Å². The maximum Gasteiger partial charge on any atom is 0.193 e. The van der Waals surface area contributed by atoms with Crippen LogP contribution in [0.5, 0.6) is 0 Å². The molecule has 0 aliphatic heterocycles. The Morgan fingerprint density at radius 2 is 2.06 bits per heavy atom. The van der Waals surface area contributed by atoms with Gasteiger partial charge in [0.15, 0.2) is 5.96 Å². The van der Waals surface area contributed by atoms with Crippen LogP contribution in [0.1, 0.15) is 26.7 Å². The lowest BCUT2D eigenvalue weighted by molar-refractivity contribution is 0.465. The van der Waals surface area contributed by atoms with Crippen LogP contribution in [0.25, 0.3) is 0 Å². The minimum atomic E-state index is 0. The second kappa shape index (κ2) is 13.4. The summed E-state index contributed by atoms with van der Waals surface area (Å²) in [7, 11) is 2.11. The number of unbranched alkanes of at least 4 members (excludes halogenated alkanes) is 1. The summed E-state index contributed by atoms with van der Waals surface area (Å²) in [6.07, 6.45) is 4.57. The van der Waals surface area contributed by atoms with Crippen LogP contribution in [-0.2, 0) is 0 Å². The van der Waals surface area contributed by atoms with Gasteiger partial charge in [-0.1, -0.05) is 13.3 Å². The quantitative estimate of drug-likeness (QED) is 0.328. The highest BCUT2D eigenvalue weighted by Crippen LogP contribution is 1.95. The number of nitrogens with zero attached hydrogens (tertiary/aromatic N) is 2. The van der Waals surface area contributed by atoms with E-state index < -0.39 is 0 Å². The van der Waals surface area contributed by atoms with Gasteiger partial charge in [0.2, 0.25) is 0 Å². The molecule has 0 saturated heterocycles. The Bertz CT molecular complexity index is 177. The van der Waals surface area contributed by atoms with Crippen LogP contribution >= 0.6 is 35.7 Å². The Morgan fingerprint density at radius 1 is 1.38 bits per heavy atom. The van der Waals surface area contributed by atoms with Crippen molar-refractivity contribution in [3.63, 3.8) is 0 Å². The molecule has 0 aromatic heterocycles. The minimum Gasteiger partial charge on any atom is -0.357 e. The van der Waals surface area contributed by atoms with Crippen LogP contribution < -0.4 is 5.32 Å². The van der Waals surface area contributed by atoms with Gasteiger partial charge in [0.05, 0.1) is 6.54 Å². The summed E-state index contributed by atoms with van der Waals surface area (Å²) in [5.41, 5.74) is 0. The molecule has 3 nitrogen and oxygen atoms in total. The van der Waals surface area contributed by atoms with E-state index >= 15 is 0 Å². The summed E-state index contributed by atoms with van der Waals surface area (Å²) in [6.45, 7) is 7.25. The van der Waals surface area contributed by atoms with Crippen molar-refractivity contribution in [3.05, 3.63) is 0 Å². The molecule has 0 unspecified atom stereocenters. The number of aliphatic imine (C=N–C) groups is 1. The molecule has 0 spiro atoms. The van der Waals surface area contributed by atoms with Crippen molar-refractivity contribution < 1.29 is 0 Å². The minimum absolute atomic E-state index is 0. The standard InChI is InChI=1S/C11H25N3S.HI/c1-5-7-9-14(3)11(12-6-2)13-8-10-15-4;/h5-10H2,1-4H3,(H,12,13);1H. The molecule has 0 fully saturated rings. The smallest absolute Gasteiger partial charge is 0.193 e. The normalized spacial score (nSPS) is 10.9. The molecular weight excluding hydrogens is 333 g/mol. The fraction of sp³-hybridized carbons (Fsp3) is 0.909. The molecule has 0 bridgehead atoms. The summed E-state index contributed by atoms with van der Waals surface area (Å²) in [5.74, 6) is 2.14. The third-order valence-corrected chi connectivity index (χ3v) is 2.69. The molecular formula is C11H26IN3S. The SMILES string of the molecule is CCCCN(C)C(=NCCSC)NCC.I. The summed E-state index contributed by atoms with van der Waals surface area (Å²) >= 11 is 1.84. The average Bonchev–Trinajstić information content (AvgIpc) is 2.25. The number of rotatable bonds is 7. The van der Waals surface area contributed by atoms with Crippen molar-refractivity contribution in [1.82, 2.24) is 10.2 Å². The van der Waals surface area contributed by atoms with Crippen LogP contribution in [-0.4, -0.2) is 49.6 Å². The van der Waals surface area contributed by atoms with E-state index in [1.54, 1.807) is 0 Å². The molecule has 0 atom stereocenters. The van der Waals surface area contributed by atoms with E-state index in [2.05, 4.69) is 42.4 Å². The maximum atomic E-state index is 4.57. The fourth-order valence-electron chi connectivity index (χ4n) is 1.21. The molecule has 0 amide bonds. The van der Waals surface area contributed by atoms with Gasteiger partial charge in [-0.25, -0.2) is 0 Å². The molecule has 5 heteroatoms. The number of thioether (sulfide) groups is 1. The molecule has 0 aromatic rings. The number of hydrogen-bond acceptors (Lipinski definition) is 2. The number of hydrogen-bond donors (Lipinski definition) is 1. The Balaban J connectivity index is 0. The van der Waals surface area contributed by atoms with Gasteiger partial charge in [0.25, 0.3) is 0 Å². The first kappa shape index (κ1) is 18.7. The van der Waals surface area contributed by atoms with E-state index in [0.717, 1.165) is 31.3 Å². The largest absolute Gasteiger partial charge is 0.357 e. The monoisotopic (exact) mass is 359 g/mol. The third-order valence-electron chi connectivity index (χ3n) is 2.10. The van der Waals surface area contributed by atoms with E-state index in [1.165, 1.54) is 12.8 Å². The number of guanidine groups is 1. The molecule has 0 saturated carbocycles. The number of halogens is 1. The molecule has 0 aliphatic carbocycles. The van der Waals surface area contributed by atoms with Crippen molar-refractivity contribution >= 4 is 41.7 Å². The van der Waals surface area contributed by atoms with Gasteiger partial charge in [0.1, 0.15) is 0 Å². The first-order valence-corrected chi connectivity index (χ1v) is 7.14. The second-order valence-electron chi connectivity index (χ2n) is 3.50. The Kier molecular flexibility index (Phi) is 15.7. The van der Waals surface area contributed by atoms with E-state index in [9.17, 15) is 0 Å². The average molecular weight is 359 g/mol. The molecule has 98 valence electrons. The van der Waals surface area contributed by atoms with Crippen LogP contribution in [0.15, 0.2) is 4.99 Å². The zero-order valence-electron chi connectivity index (χ0n) is 11.0. The van der Waals surface area contributed by atoms with Gasteiger partial charge in [-0.3, -0.25) is 4.99 Å². The van der Waals surface area contributed by atoms with Crippen LogP contribution in [0, 0.1) is 0 Å². The van der Waals surface area contributed by atoms with Crippen molar-refractivity contribution in [2.24, 2.45) is 4.99 Å². The Morgan fingerprint density at radius 3 is 2.56 bits per heavy atom. The zero-order chi connectivity index (χ0) is 11.5. The Labute approximate surface area is 122 Å². The van der Waals surface area contributed by atoms with Crippen LogP contribution in [0.3, 0.4) is 0 Å². The Hall–Kier alpha value is 0.350. The van der Waals surface area contributed by atoms with Crippen molar-refractivity contribution in [1.29, 1.82) is 0 Å². The van der Waals surface area contributed by atoms with Crippen molar-refractivity contribution in [2.75, 3.05) is 38.7 Å². The molecule has 0 aromatic carbocycles. The van der Waals surface area contributed by atoms with Gasteiger partial charge in [-0.15, -0.1) is 24.0 Å². The lowest BCUT2D eigenvalue weighted by Gasteiger charge is -2.21. The van der Waals surface area contributed by atoms with E-state index in [-0.39, 0.29) is 24.0 Å². The van der Waals surface area contributed by atoms with Crippen LogP contribution in [0.2, 0.25) is 0 Å². The van der Waals surface area contributed by atoms with Gasteiger partial charge in [-0.2, -0.15) is 11.8 Å². The fourth-order valence-corrected chi connectivity index (χ4v) is 1.49. The summed E-state index contributed by atoms with van der Waals surface area (Å²) in [4.78, 5) is 6.78. The summed E-state index contributed by atoms with van der Waals surface area (Å²) in [6, 6.07) is 0. The predicted molar refractivity (Wildman–Crippen MR) is 87.3 cm³/mol. The molecule has 1 N–H and O–H groups in total. The van der Waals surface area contributed by atoms with Crippen LogP contribution in [0.4, 0.5) is 0 Å². The van der Waals surface area contributed by atoms with E-state index in [1.807, 2.05) is 11.8 Å². The summed E-state index contributed by atoms with van der Waals surface area (Å²) < 4.78 is 0. The molecule has 16 heavy (non-hydrogen) atoms. The molecule has 0 heterocycles. The van der Waals surface area contributed by atoms with Gasteiger partial charge in [-0.05, 0) is 19.6 Å². The van der Waals surface area contributed by atoms with Crippen molar-refractivity contribution in [2.45, 2.75) is 26.7 Å². The lowest BCUT2D eigenvalue weighted by atomic mass is 10.3. The highest BCUT2D eigenvalue weighted by Gasteiger charge is 2.03. The third kappa shape index (κ3) is 9.57. The zero-order valence-corrected chi connectivity index (χ0v) is 14.1. The molecule has 0 radical (unpaired) electrons. The maximum absolute atomic E-state index is 4.57. The molecule has 0 aliphatic rings. The predicted octanol–water partition coefficient (Wildman–Crippen LogP) is 2.66. The van der Waals surface area contributed by atoms with E-state index in [0.29, 0.717) is 0 Å². The van der Waals surface area contributed by atoms with Gasteiger partial charge >= 0.3 is 0 Å². The topological polar surface area (TPSA) is 27.6 Å². The highest BCUT2D eigenvalue weighted by molar-refractivity contribution is 14.0. The molecule has 0 rings (SSSR count). The first-order valence-electron chi connectivity index (χ1n) is 5.74. The lowest BCUT2D eigenvalue weighted by Crippen LogP contribution is -2.39.